The number of hydrogen-bond acceptors (Lipinski definition) is 2. The molecule has 0 aliphatic carbocycles. The topological polar surface area (TPSA) is 26.3 Å². The molecule has 0 aliphatic heterocycles. The van der Waals surface area contributed by atoms with Crippen LogP contribution in [0.5, 0.6) is 5.75 Å². The zero-order chi connectivity index (χ0) is 12.3. The van der Waals surface area contributed by atoms with Gasteiger partial charge in [-0.15, -0.1) is 0 Å². The van der Waals surface area contributed by atoms with Crippen LogP contribution in [0, 0.1) is 0 Å². The maximum absolute atomic E-state index is 11.1. The van der Waals surface area contributed by atoms with E-state index in [4.69, 9.17) is 4.74 Å². The molecular weight excluding hydrogens is 212 g/mol. The summed E-state index contributed by atoms with van der Waals surface area (Å²) >= 11 is 0. The van der Waals surface area contributed by atoms with Gasteiger partial charge in [0.1, 0.15) is 11.5 Å². The fourth-order valence-electron chi connectivity index (χ4n) is 1.66. The van der Waals surface area contributed by atoms with Gasteiger partial charge >= 0.3 is 0 Å². The molecule has 0 N–H and O–H groups in total. The first-order valence-corrected chi connectivity index (χ1v) is 6.52. The summed E-state index contributed by atoms with van der Waals surface area (Å²) in [5.74, 6) is 1.32. The number of carbonyl (C=O) groups excluding carboxylic acids is 1. The molecule has 0 saturated heterocycles. The average Bonchev–Trinajstić information content (AvgIpc) is 2.38. The third kappa shape index (κ3) is 6.77. The Balaban J connectivity index is 1.93. The summed E-state index contributed by atoms with van der Waals surface area (Å²) in [5.41, 5.74) is 0. The minimum atomic E-state index is 0.380. The molecule has 0 aromatic heterocycles. The van der Waals surface area contributed by atoms with Crippen LogP contribution in [0.1, 0.15) is 45.4 Å². The number of rotatable bonds is 9. The molecule has 94 valence electrons. The van der Waals surface area contributed by atoms with E-state index in [2.05, 4.69) is 0 Å². The first-order chi connectivity index (χ1) is 8.33. The SMILES string of the molecule is CCC(=O)CCCCCCOc1ccccc1. The van der Waals surface area contributed by atoms with Gasteiger partial charge in [-0.25, -0.2) is 0 Å². The Morgan fingerprint density at radius 1 is 1.06 bits per heavy atom. The maximum atomic E-state index is 11.1. The molecular formula is C15H22O2. The van der Waals surface area contributed by atoms with Crippen LogP contribution in [-0.4, -0.2) is 12.4 Å². The van der Waals surface area contributed by atoms with E-state index < -0.39 is 0 Å². The molecule has 1 aromatic carbocycles. The molecule has 0 heterocycles. The Morgan fingerprint density at radius 2 is 1.76 bits per heavy atom. The summed E-state index contributed by atoms with van der Waals surface area (Å²) < 4.78 is 5.59. The second kappa shape index (κ2) is 8.80. The van der Waals surface area contributed by atoms with Gasteiger partial charge in [-0.2, -0.15) is 0 Å². The lowest BCUT2D eigenvalue weighted by Crippen LogP contribution is -1.98. The highest BCUT2D eigenvalue weighted by Crippen LogP contribution is 2.10. The molecule has 17 heavy (non-hydrogen) atoms. The van der Waals surface area contributed by atoms with Crippen LogP contribution in [0.3, 0.4) is 0 Å². The highest BCUT2D eigenvalue weighted by atomic mass is 16.5. The van der Waals surface area contributed by atoms with Crippen molar-refractivity contribution in [3.63, 3.8) is 0 Å². The van der Waals surface area contributed by atoms with Crippen molar-refractivity contribution in [2.45, 2.75) is 45.4 Å². The molecule has 0 unspecified atom stereocenters. The van der Waals surface area contributed by atoms with Crippen LogP contribution in [-0.2, 0) is 4.79 Å². The lowest BCUT2D eigenvalue weighted by atomic mass is 10.1. The Kier molecular flexibility index (Phi) is 7.12. The molecule has 2 nitrogen and oxygen atoms in total. The summed E-state index contributed by atoms with van der Waals surface area (Å²) in [6.45, 7) is 2.70. The number of ether oxygens (including phenoxy) is 1. The van der Waals surface area contributed by atoms with E-state index in [9.17, 15) is 4.79 Å². The lowest BCUT2D eigenvalue weighted by molar-refractivity contribution is -0.118. The Bertz CT molecular complexity index is 306. The van der Waals surface area contributed by atoms with Crippen molar-refractivity contribution >= 4 is 5.78 Å². The summed E-state index contributed by atoms with van der Waals surface area (Å²) in [7, 11) is 0. The van der Waals surface area contributed by atoms with E-state index in [1.54, 1.807) is 0 Å². The number of para-hydroxylation sites is 1. The van der Waals surface area contributed by atoms with Gasteiger partial charge in [0.25, 0.3) is 0 Å². The molecule has 0 radical (unpaired) electrons. The highest BCUT2D eigenvalue weighted by molar-refractivity contribution is 5.77. The number of carbonyl (C=O) groups is 1. The zero-order valence-electron chi connectivity index (χ0n) is 10.7. The van der Waals surface area contributed by atoms with Crippen LogP contribution in [0.4, 0.5) is 0 Å². The van der Waals surface area contributed by atoms with Crippen molar-refractivity contribution in [2.24, 2.45) is 0 Å². The molecule has 0 aliphatic rings. The number of hydrogen-bond donors (Lipinski definition) is 0. The summed E-state index contributed by atoms with van der Waals surface area (Å²) in [4.78, 5) is 11.1. The second-order valence-corrected chi connectivity index (χ2v) is 4.22. The smallest absolute Gasteiger partial charge is 0.132 e. The van der Waals surface area contributed by atoms with Crippen molar-refractivity contribution in [2.75, 3.05) is 6.61 Å². The standard InChI is InChI=1S/C15H22O2/c1-2-14(16)10-6-3-4-9-13-17-15-11-7-5-8-12-15/h5,7-8,11-12H,2-4,6,9-10,13H2,1H3. The number of Topliss-reactive ketones (excluding diaryl/α,β-unsaturated/α-hetero) is 1. The quantitative estimate of drug-likeness (QED) is 0.604. The van der Waals surface area contributed by atoms with Gasteiger partial charge in [0.2, 0.25) is 0 Å². The summed E-state index contributed by atoms with van der Waals surface area (Å²) in [5, 5.41) is 0. The van der Waals surface area contributed by atoms with E-state index in [-0.39, 0.29) is 0 Å². The van der Waals surface area contributed by atoms with Crippen LogP contribution in [0.25, 0.3) is 0 Å². The van der Waals surface area contributed by atoms with Crippen LogP contribution in [0.15, 0.2) is 30.3 Å². The molecule has 0 saturated carbocycles. The summed E-state index contributed by atoms with van der Waals surface area (Å²) in [6.07, 6.45) is 5.79. The predicted octanol–water partition coefficient (Wildman–Crippen LogP) is 4.00. The summed E-state index contributed by atoms with van der Waals surface area (Å²) in [6, 6.07) is 9.88. The molecule has 0 spiro atoms. The van der Waals surface area contributed by atoms with Crippen molar-refractivity contribution in [3.05, 3.63) is 30.3 Å². The van der Waals surface area contributed by atoms with Crippen LogP contribution in [0.2, 0.25) is 0 Å². The van der Waals surface area contributed by atoms with Crippen LogP contribution < -0.4 is 4.74 Å². The molecule has 0 amide bonds. The van der Waals surface area contributed by atoms with Gasteiger partial charge in [0.15, 0.2) is 0 Å². The van der Waals surface area contributed by atoms with Crippen LogP contribution >= 0.6 is 0 Å². The monoisotopic (exact) mass is 234 g/mol. The van der Waals surface area contributed by atoms with E-state index in [1.165, 1.54) is 0 Å². The largest absolute Gasteiger partial charge is 0.494 e. The molecule has 0 bridgehead atoms. The van der Waals surface area contributed by atoms with Gasteiger partial charge in [0, 0.05) is 12.8 Å². The van der Waals surface area contributed by atoms with Gasteiger partial charge in [-0.1, -0.05) is 38.0 Å². The number of benzene rings is 1. The first-order valence-electron chi connectivity index (χ1n) is 6.52. The number of ketones is 1. The van der Waals surface area contributed by atoms with E-state index in [1.807, 2.05) is 37.3 Å². The minimum absolute atomic E-state index is 0.380. The van der Waals surface area contributed by atoms with E-state index in [0.717, 1.165) is 44.5 Å². The Hall–Kier alpha value is -1.31. The fraction of sp³-hybridized carbons (Fsp3) is 0.533. The third-order valence-electron chi connectivity index (χ3n) is 2.76. The predicted molar refractivity (Wildman–Crippen MR) is 70.3 cm³/mol. The van der Waals surface area contributed by atoms with Crippen molar-refractivity contribution in [1.29, 1.82) is 0 Å². The zero-order valence-corrected chi connectivity index (χ0v) is 10.7. The van der Waals surface area contributed by atoms with Gasteiger partial charge in [-0.05, 0) is 25.0 Å². The average molecular weight is 234 g/mol. The lowest BCUT2D eigenvalue weighted by Gasteiger charge is -2.05. The fourth-order valence-corrected chi connectivity index (χ4v) is 1.66. The van der Waals surface area contributed by atoms with Gasteiger partial charge in [-0.3, -0.25) is 4.79 Å². The van der Waals surface area contributed by atoms with Crippen molar-refractivity contribution in [3.8, 4) is 5.75 Å². The molecule has 0 fully saturated rings. The third-order valence-corrected chi connectivity index (χ3v) is 2.76. The molecule has 2 heteroatoms. The minimum Gasteiger partial charge on any atom is -0.494 e. The number of unbranched alkanes of at least 4 members (excludes halogenated alkanes) is 3. The molecule has 1 rings (SSSR count). The van der Waals surface area contributed by atoms with Gasteiger partial charge < -0.3 is 4.74 Å². The van der Waals surface area contributed by atoms with Gasteiger partial charge in [0.05, 0.1) is 6.61 Å². The maximum Gasteiger partial charge on any atom is 0.132 e. The Labute approximate surface area is 104 Å². The van der Waals surface area contributed by atoms with E-state index >= 15 is 0 Å². The normalized spacial score (nSPS) is 10.2. The van der Waals surface area contributed by atoms with Crippen molar-refractivity contribution < 1.29 is 9.53 Å². The first kappa shape index (κ1) is 13.8. The molecule has 0 atom stereocenters. The second-order valence-electron chi connectivity index (χ2n) is 4.22. The van der Waals surface area contributed by atoms with Crippen molar-refractivity contribution in [1.82, 2.24) is 0 Å². The Morgan fingerprint density at radius 3 is 2.47 bits per heavy atom. The highest BCUT2D eigenvalue weighted by Gasteiger charge is 1.98. The molecule has 1 aromatic rings. The van der Waals surface area contributed by atoms with E-state index in [0.29, 0.717) is 12.2 Å².